The van der Waals surface area contributed by atoms with Gasteiger partial charge in [-0.05, 0) is 31.1 Å². The summed E-state index contributed by atoms with van der Waals surface area (Å²) in [6, 6.07) is 0. The minimum atomic E-state index is -0.568. The number of aromatic nitrogens is 2. The van der Waals surface area contributed by atoms with E-state index >= 15 is 0 Å². The molecule has 2 aliphatic rings. The number of nitrogens with two attached hydrogens (primary N) is 2. The van der Waals surface area contributed by atoms with Gasteiger partial charge in [0.15, 0.2) is 0 Å². The molecule has 5 heteroatoms. The second-order valence-electron chi connectivity index (χ2n) is 5.17. The number of nitrogen functional groups attached to an aromatic ring is 1. The summed E-state index contributed by atoms with van der Waals surface area (Å²) >= 11 is 0. The molecule has 2 fully saturated rings. The van der Waals surface area contributed by atoms with Crippen LogP contribution < -0.4 is 11.5 Å². The van der Waals surface area contributed by atoms with Gasteiger partial charge in [-0.2, -0.15) is 0 Å². The summed E-state index contributed by atoms with van der Waals surface area (Å²) in [5.74, 6) is 2.41. The Morgan fingerprint density at radius 1 is 1.35 bits per heavy atom. The highest BCUT2D eigenvalue weighted by Crippen LogP contribution is 2.52. The van der Waals surface area contributed by atoms with Crippen molar-refractivity contribution in [2.24, 2.45) is 17.6 Å². The number of nitrogens with zero attached hydrogens (tertiary/aromatic N) is 2. The lowest BCUT2D eigenvalue weighted by Gasteiger charge is -2.20. The van der Waals surface area contributed by atoms with Gasteiger partial charge in [0, 0.05) is 12.1 Å². The molecule has 5 nitrogen and oxygen atoms in total. The van der Waals surface area contributed by atoms with Crippen molar-refractivity contribution in [1.29, 1.82) is 0 Å². The smallest absolute Gasteiger partial charge is 0.254 e. The molecule has 3 atom stereocenters. The molecule has 1 aromatic rings. The van der Waals surface area contributed by atoms with Gasteiger partial charge >= 0.3 is 0 Å². The van der Waals surface area contributed by atoms with Gasteiger partial charge in [0.1, 0.15) is 11.6 Å². The van der Waals surface area contributed by atoms with Crippen molar-refractivity contribution >= 4 is 11.7 Å². The molecule has 0 saturated heterocycles. The molecule has 90 valence electrons. The Bertz CT molecular complexity index is 474. The maximum absolute atomic E-state index is 11.0. The Morgan fingerprint density at radius 2 is 2.18 bits per heavy atom. The Kier molecular flexibility index (Phi) is 2.28. The van der Waals surface area contributed by atoms with Crippen molar-refractivity contribution in [3.05, 3.63) is 17.6 Å². The summed E-state index contributed by atoms with van der Waals surface area (Å²) < 4.78 is 0. The van der Waals surface area contributed by atoms with Crippen LogP contribution in [0.1, 0.15) is 47.8 Å². The molecule has 0 aromatic carbocycles. The zero-order valence-corrected chi connectivity index (χ0v) is 9.60. The number of hydrogen-bond donors (Lipinski definition) is 2. The quantitative estimate of drug-likeness (QED) is 0.797. The first-order valence-electron chi connectivity index (χ1n) is 6.07. The average Bonchev–Trinajstić information content (AvgIpc) is 2.89. The highest BCUT2D eigenvalue weighted by atomic mass is 16.1. The van der Waals surface area contributed by atoms with Crippen LogP contribution in [-0.4, -0.2) is 15.9 Å². The van der Waals surface area contributed by atoms with Crippen molar-refractivity contribution in [1.82, 2.24) is 9.97 Å². The Balaban J connectivity index is 1.89. The maximum Gasteiger partial charge on any atom is 0.254 e. The molecular weight excluding hydrogens is 216 g/mol. The van der Waals surface area contributed by atoms with E-state index in [0.29, 0.717) is 11.8 Å². The summed E-state index contributed by atoms with van der Waals surface area (Å²) in [5, 5.41) is 0. The predicted molar refractivity (Wildman–Crippen MR) is 63.2 cm³/mol. The highest BCUT2D eigenvalue weighted by Gasteiger charge is 2.41. The number of carbonyl (C=O) groups is 1. The van der Waals surface area contributed by atoms with Crippen molar-refractivity contribution in [2.75, 3.05) is 5.73 Å². The monoisotopic (exact) mass is 232 g/mol. The molecule has 3 unspecified atom stereocenters. The van der Waals surface area contributed by atoms with Crippen LogP contribution in [0.25, 0.3) is 0 Å². The SMILES string of the molecule is NC(=O)c1cnc(C2CC3CCC2C3)nc1N. The van der Waals surface area contributed by atoms with Crippen LogP contribution in [0.15, 0.2) is 6.20 Å². The second-order valence-corrected chi connectivity index (χ2v) is 5.17. The molecule has 3 rings (SSSR count). The van der Waals surface area contributed by atoms with E-state index in [1.165, 1.54) is 31.9 Å². The maximum atomic E-state index is 11.0. The largest absolute Gasteiger partial charge is 0.383 e. The molecule has 1 heterocycles. The number of amides is 1. The minimum Gasteiger partial charge on any atom is -0.383 e. The number of carbonyl (C=O) groups excluding carboxylic acids is 1. The summed E-state index contributed by atoms with van der Waals surface area (Å²) in [4.78, 5) is 19.6. The molecule has 1 aromatic heterocycles. The number of fused-ring (bicyclic) bond motifs is 2. The van der Waals surface area contributed by atoms with Crippen molar-refractivity contribution in [3.8, 4) is 0 Å². The zero-order valence-electron chi connectivity index (χ0n) is 9.60. The molecule has 2 bridgehead atoms. The van der Waals surface area contributed by atoms with Crippen molar-refractivity contribution in [3.63, 3.8) is 0 Å². The van der Waals surface area contributed by atoms with Crippen molar-refractivity contribution in [2.45, 2.75) is 31.6 Å². The molecule has 17 heavy (non-hydrogen) atoms. The van der Waals surface area contributed by atoms with Gasteiger partial charge in [-0.3, -0.25) is 4.79 Å². The summed E-state index contributed by atoms with van der Waals surface area (Å²) in [7, 11) is 0. The molecule has 4 N–H and O–H groups in total. The molecule has 0 spiro atoms. The highest BCUT2D eigenvalue weighted by molar-refractivity contribution is 5.96. The zero-order chi connectivity index (χ0) is 12.0. The second kappa shape index (κ2) is 3.68. The van der Waals surface area contributed by atoms with Crippen LogP contribution in [0.2, 0.25) is 0 Å². The lowest BCUT2D eigenvalue weighted by Crippen LogP contribution is -2.18. The molecule has 2 aliphatic carbocycles. The number of primary amides is 1. The van der Waals surface area contributed by atoms with Gasteiger partial charge in [0.25, 0.3) is 5.91 Å². The van der Waals surface area contributed by atoms with E-state index in [0.717, 1.165) is 11.7 Å². The van der Waals surface area contributed by atoms with E-state index in [-0.39, 0.29) is 11.4 Å². The molecule has 0 aliphatic heterocycles. The minimum absolute atomic E-state index is 0.213. The summed E-state index contributed by atoms with van der Waals surface area (Å²) in [5.41, 5.74) is 11.1. The Morgan fingerprint density at radius 3 is 2.71 bits per heavy atom. The van der Waals surface area contributed by atoms with Gasteiger partial charge < -0.3 is 11.5 Å². The topological polar surface area (TPSA) is 94.9 Å². The van der Waals surface area contributed by atoms with Gasteiger partial charge in [-0.15, -0.1) is 0 Å². The molecule has 2 saturated carbocycles. The number of rotatable bonds is 2. The average molecular weight is 232 g/mol. The summed E-state index contributed by atoms with van der Waals surface area (Å²) in [6.45, 7) is 0. The van der Waals surface area contributed by atoms with Crippen LogP contribution >= 0.6 is 0 Å². The fourth-order valence-corrected chi connectivity index (χ4v) is 3.34. The van der Waals surface area contributed by atoms with E-state index in [9.17, 15) is 4.79 Å². The standard InChI is InChI=1S/C12H16N4O/c13-10-9(11(14)17)5-15-12(16-10)8-4-6-1-2-7(8)3-6/h5-8H,1-4H2,(H2,14,17)(H2,13,15,16). The van der Waals surface area contributed by atoms with Gasteiger partial charge in [-0.1, -0.05) is 6.42 Å². The lowest BCUT2D eigenvalue weighted by molar-refractivity contribution is 0.100. The first kappa shape index (κ1) is 10.5. The third-order valence-corrected chi connectivity index (χ3v) is 4.17. The fourth-order valence-electron chi connectivity index (χ4n) is 3.34. The first-order chi connectivity index (χ1) is 8.15. The third-order valence-electron chi connectivity index (χ3n) is 4.17. The Hall–Kier alpha value is -1.65. The first-order valence-corrected chi connectivity index (χ1v) is 6.07. The van der Waals surface area contributed by atoms with Crippen LogP contribution in [0.5, 0.6) is 0 Å². The lowest BCUT2D eigenvalue weighted by atomic mass is 9.88. The molecule has 1 amide bonds. The predicted octanol–water partition coefficient (Wildman–Crippen LogP) is 1.06. The number of anilines is 1. The Labute approximate surface area is 99.6 Å². The third kappa shape index (κ3) is 1.66. The van der Waals surface area contributed by atoms with Crippen LogP contribution in [0.3, 0.4) is 0 Å². The van der Waals surface area contributed by atoms with E-state index in [1.807, 2.05) is 0 Å². The molecule has 0 radical (unpaired) electrons. The van der Waals surface area contributed by atoms with Crippen molar-refractivity contribution < 1.29 is 4.79 Å². The van der Waals surface area contributed by atoms with Gasteiger partial charge in [0.2, 0.25) is 0 Å². The number of hydrogen-bond acceptors (Lipinski definition) is 4. The van der Waals surface area contributed by atoms with Crippen LogP contribution in [0.4, 0.5) is 5.82 Å². The molecular formula is C12H16N4O. The van der Waals surface area contributed by atoms with Gasteiger partial charge in [0.05, 0.1) is 5.56 Å². The summed E-state index contributed by atoms with van der Waals surface area (Å²) in [6.07, 6.45) is 6.55. The van der Waals surface area contributed by atoms with E-state index < -0.39 is 5.91 Å². The van der Waals surface area contributed by atoms with Gasteiger partial charge in [-0.25, -0.2) is 9.97 Å². The van der Waals surface area contributed by atoms with Crippen LogP contribution in [-0.2, 0) is 0 Å². The van der Waals surface area contributed by atoms with E-state index in [4.69, 9.17) is 11.5 Å². The fraction of sp³-hybridized carbons (Fsp3) is 0.583. The van der Waals surface area contributed by atoms with E-state index in [2.05, 4.69) is 9.97 Å². The normalized spacial score (nSPS) is 30.7. The van der Waals surface area contributed by atoms with Crippen LogP contribution in [0, 0.1) is 11.8 Å². The van der Waals surface area contributed by atoms with E-state index in [1.54, 1.807) is 0 Å².